The van der Waals surface area contributed by atoms with Crippen LogP contribution < -0.4 is 0 Å². The summed E-state index contributed by atoms with van der Waals surface area (Å²) in [5, 5.41) is 0.479. The molecule has 1 aromatic rings. The monoisotopic (exact) mass is 210 g/mol. The molecule has 0 saturated heterocycles. The number of hydrogen-bond donors (Lipinski definition) is 0. The molecule has 0 bridgehead atoms. The summed E-state index contributed by atoms with van der Waals surface area (Å²) < 4.78 is 5.23. The van der Waals surface area contributed by atoms with E-state index in [-0.39, 0.29) is 0 Å². The first kappa shape index (κ1) is 11.0. The summed E-state index contributed by atoms with van der Waals surface area (Å²) in [5.74, 6) is 0.838. The molecule has 0 unspecified atom stereocenters. The highest BCUT2D eigenvalue weighted by Crippen LogP contribution is 2.07. The zero-order valence-electron chi connectivity index (χ0n) is 8.70. The fourth-order valence-corrected chi connectivity index (χ4v) is 1.41. The minimum atomic E-state index is 0.479. The molecule has 4 heteroatoms. The molecule has 14 heavy (non-hydrogen) atoms. The quantitative estimate of drug-likeness (QED) is 0.715. The second-order valence-electron chi connectivity index (χ2n) is 2.86. The second-order valence-corrected chi connectivity index (χ2v) is 3.23. The van der Waals surface area contributed by atoms with Gasteiger partial charge in [0, 0.05) is 12.6 Å². The summed E-state index contributed by atoms with van der Waals surface area (Å²) in [4.78, 5) is 8.50. The molecule has 0 aliphatic heterocycles. The van der Waals surface area contributed by atoms with Crippen LogP contribution in [0.5, 0.6) is 0 Å². The third-order valence-corrected chi connectivity index (χ3v) is 2.18. The molecular weight excluding hydrogens is 196 g/mol. The molecule has 0 fully saturated rings. The molecule has 0 aliphatic carbocycles. The van der Waals surface area contributed by atoms with E-state index < -0.39 is 0 Å². The lowest BCUT2D eigenvalue weighted by molar-refractivity contribution is 0.337. The predicted octanol–water partition coefficient (Wildman–Crippen LogP) is 2.06. The normalized spacial score (nSPS) is 9.93. The van der Waals surface area contributed by atoms with Crippen molar-refractivity contribution in [3.05, 3.63) is 23.3 Å². The van der Waals surface area contributed by atoms with Crippen molar-refractivity contribution in [2.24, 2.45) is 0 Å². The Hall–Kier alpha value is -1.03. The number of ether oxygens (including phenoxy) is 1. The van der Waals surface area contributed by atoms with E-state index in [0.717, 1.165) is 23.5 Å². The van der Waals surface area contributed by atoms with Crippen LogP contribution in [0.2, 0.25) is 0 Å². The number of aromatic nitrogens is 2. The van der Waals surface area contributed by atoms with E-state index in [0.29, 0.717) is 11.7 Å². The minimum absolute atomic E-state index is 0.479. The highest BCUT2D eigenvalue weighted by Gasteiger charge is 2.07. The van der Waals surface area contributed by atoms with Gasteiger partial charge in [-0.3, -0.25) is 0 Å². The van der Waals surface area contributed by atoms with Crippen molar-refractivity contribution >= 4 is 17.3 Å². The van der Waals surface area contributed by atoms with E-state index in [1.165, 1.54) is 0 Å². The highest BCUT2D eigenvalue weighted by molar-refractivity contribution is 7.80. The van der Waals surface area contributed by atoms with Crippen molar-refractivity contribution in [2.75, 3.05) is 6.61 Å². The summed E-state index contributed by atoms with van der Waals surface area (Å²) in [6, 6.07) is 0. The van der Waals surface area contributed by atoms with E-state index in [2.05, 4.69) is 9.97 Å². The van der Waals surface area contributed by atoms with Gasteiger partial charge in [-0.05, 0) is 26.1 Å². The van der Waals surface area contributed by atoms with Crippen molar-refractivity contribution in [1.82, 2.24) is 9.97 Å². The van der Waals surface area contributed by atoms with Gasteiger partial charge in [0.15, 0.2) is 5.05 Å². The van der Waals surface area contributed by atoms with E-state index in [9.17, 15) is 0 Å². The van der Waals surface area contributed by atoms with Gasteiger partial charge >= 0.3 is 0 Å². The number of nitrogens with zero attached hydrogens (tertiary/aromatic N) is 2. The van der Waals surface area contributed by atoms with Crippen LogP contribution >= 0.6 is 12.2 Å². The lowest BCUT2D eigenvalue weighted by Gasteiger charge is -2.07. The number of aryl methyl sites for hydroxylation is 2. The highest BCUT2D eigenvalue weighted by atomic mass is 32.1. The van der Waals surface area contributed by atoms with Gasteiger partial charge in [-0.2, -0.15) is 0 Å². The first-order valence-corrected chi connectivity index (χ1v) is 5.09. The van der Waals surface area contributed by atoms with Gasteiger partial charge in [0.2, 0.25) is 0 Å². The Morgan fingerprint density at radius 2 is 2.21 bits per heavy atom. The maximum atomic E-state index is 5.23. The van der Waals surface area contributed by atoms with Gasteiger partial charge in [-0.25, -0.2) is 9.97 Å². The molecular formula is C10H14N2OS. The third kappa shape index (κ3) is 2.48. The zero-order valence-corrected chi connectivity index (χ0v) is 9.52. The summed E-state index contributed by atoms with van der Waals surface area (Å²) >= 11 is 5.08. The largest absolute Gasteiger partial charge is 0.483 e. The fraction of sp³-hybridized carbons (Fsp3) is 0.500. The van der Waals surface area contributed by atoms with Crippen molar-refractivity contribution < 1.29 is 4.74 Å². The van der Waals surface area contributed by atoms with Crippen LogP contribution in [0.3, 0.4) is 0 Å². The van der Waals surface area contributed by atoms with Crippen molar-refractivity contribution in [1.29, 1.82) is 0 Å². The third-order valence-electron chi connectivity index (χ3n) is 1.84. The maximum absolute atomic E-state index is 5.23. The van der Waals surface area contributed by atoms with Gasteiger partial charge in [-0.1, -0.05) is 6.92 Å². The van der Waals surface area contributed by atoms with Crippen LogP contribution in [0.4, 0.5) is 0 Å². The van der Waals surface area contributed by atoms with Gasteiger partial charge in [0.05, 0.1) is 17.9 Å². The Labute approximate surface area is 89.5 Å². The van der Waals surface area contributed by atoms with E-state index in [4.69, 9.17) is 17.0 Å². The molecule has 3 nitrogen and oxygen atoms in total. The molecule has 1 heterocycles. The molecule has 0 aliphatic rings. The number of rotatable bonds is 3. The van der Waals surface area contributed by atoms with Crippen LogP contribution in [0.15, 0.2) is 6.20 Å². The topological polar surface area (TPSA) is 35.0 Å². The average molecular weight is 210 g/mol. The Morgan fingerprint density at radius 1 is 1.50 bits per heavy atom. The van der Waals surface area contributed by atoms with Crippen LogP contribution in [0.1, 0.15) is 30.9 Å². The van der Waals surface area contributed by atoms with Gasteiger partial charge in [0.25, 0.3) is 0 Å². The Kier molecular flexibility index (Phi) is 3.95. The molecule has 0 N–H and O–H groups in total. The fourth-order valence-electron chi connectivity index (χ4n) is 1.09. The van der Waals surface area contributed by atoms with Crippen molar-refractivity contribution in [3.8, 4) is 0 Å². The molecule has 0 radical (unpaired) electrons. The van der Waals surface area contributed by atoms with E-state index >= 15 is 0 Å². The van der Waals surface area contributed by atoms with Crippen LogP contribution in [0.25, 0.3) is 0 Å². The van der Waals surface area contributed by atoms with Gasteiger partial charge in [-0.15, -0.1) is 0 Å². The second kappa shape index (κ2) is 5.00. The minimum Gasteiger partial charge on any atom is -0.483 e. The average Bonchev–Trinajstić information content (AvgIpc) is 2.17. The molecule has 0 saturated carbocycles. The Balaban J connectivity index is 2.94. The lowest BCUT2D eigenvalue weighted by atomic mass is 10.2. The van der Waals surface area contributed by atoms with E-state index in [1.54, 1.807) is 6.20 Å². The summed E-state index contributed by atoms with van der Waals surface area (Å²) in [6.45, 7) is 6.42. The molecule has 0 amide bonds. The first-order valence-electron chi connectivity index (χ1n) is 4.68. The standard InChI is InChI=1S/C10H14N2OS/c1-4-9-11-6-8(7(3)12-9)10(14)13-5-2/h6H,4-5H2,1-3H3. The molecule has 0 aromatic carbocycles. The van der Waals surface area contributed by atoms with Gasteiger partial charge < -0.3 is 4.74 Å². The molecule has 1 rings (SSSR count). The summed E-state index contributed by atoms with van der Waals surface area (Å²) in [7, 11) is 0. The Bertz CT molecular complexity index is 339. The van der Waals surface area contributed by atoms with Crippen LogP contribution in [0, 0.1) is 6.92 Å². The predicted molar refractivity (Wildman–Crippen MR) is 59.5 cm³/mol. The van der Waals surface area contributed by atoms with Gasteiger partial charge in [0.1, 0.15) is 5.82 Å². The molecule has 76 valence electrons. The molecule has 0 atom stereocenters. The van der Waals surface area contributed by atoms with Crippen molar-refractivity contribution in [2.45, 2.75) is 27.2 Å². The molecule has 1 aromatic heterocycles. The SMILES string of the molecule is CCOC(=S)c1cnc(CC)nc1C. The number of hydrogen-bond acceptors (Lipinski definition) is 4. The van der Waals surface area contributed by atoms with Crippen LogP contribution in [-0.4, -0.2) is 21.6 Å². The lowest BCUT2D eigenvalue weighted by Crippen LogP contribution is -2.08. The first-order chi connectivity index (χ1) is 6.69. The Morgan fingerprint density at radius 3 is 2.71 bits per heavy atom. The van der Waals surface area contributed by atoms with E-state index in [1.807, 2.05) is 20.8 Å². The number of thiocarbonyl (C=S) groups is 1. The summed E-state index contributed by atoms with van der Waals surface area (Å²) in [5.41, 5.74) is 1.70. The van der Waals surface area contributed by atoms with Crippen molar-refractivity contribution in [3.63, 3.8) is 0 Å². The maximum Gasteiger partial charge on any atom is 0.194 e. The summed E-state index contributed by atoms with van der Waals surface area (Å²) in [6.07, 6.45) is 2.57. The zero-order chi connectivity index (χ0) is 10.6. The molecule has 0 spiro atoms. The smallest absolute Gasteiger partial charge is 0.194 e. The van der Waals surface area contributed by atoms with Crippen LogP contribution in [-0.2, 0) is 11.2 Å².